The Labute approximate surface area is 73.9 Å². The Morgan fingerprint density at radius 1 is 1.58 bits per heavy atom. The maximum Gasteiger partial charge on any atom is 0.238 e. The molecule has 0 aromatic carbocycles. The zero-order chi connectivity index (χ0) is 9.35. The van der Waals surface area contributed by atoms with Crippen LogP contribution in [0, 0.1) is 5.92 Å². The Hall–Kier alpha value is -0.570. The predicted octanol–water partition coefficient (Wildman–Crippen LogP) is 0.857. The first-order chi connectivity index (χ1) is 5.43. The van der Waals surface area contributed by atoms with Crippen LogP contribution < -0.4 is 10.6 Å². The third kappa shape index (κ3) is 1.97. The van der Waals surface area contributed by atoms with Gasteiger partial charge in [-0.1, -0.05) is 13.8 Å². The largest absolute Gasteiger partial charge is 0.337 e. The van der Waals surface area contributed by atoms with Crippen molar-refractivity contribution in [1.29, 1.82) is 0 Å². The molecule has 1 heterocycles. The van der Waals surface area contributed by atoms with E-state index < -0.39 is 0 Å². The molecule has 0 bridgehead atoms. The van der Waals surface area contributed by atoms with Gasteiger partial charge in [0.05, 0.1) is 11.7 Å². The van der Waals surface area contributed by atoms with Crippen molar-refractivity contribution in [3.8, 4) is 0 Å². The van der Waals surface area contributed by atoms with Gasteiger partial charge in [-0.15, -0.1) is 0 Å². The molecule has 0 radical (unpaired) electrons. The van der Waals surface area contributed by atoms with Crippen LogP contribution in [0.25, 0.3) is 0 Å². The minimum atomic E-state index is -0.190. The minimum absolute atomic E-state index is 0.0475. The van der Waals surface area contributed by atoms with E-state index in [2.05, 4.69) is 24.5 Å². The molecule has 0 spiro atoms. The first-order valence-electron chi connectivity index (χ1n) is 4.53. The number of rotatable bonds is 2. The van der Waals surface area contributed by atoms with Gasteiger partial charge in [-0.25, -0.2) is 0 Å². The number of amides is 1. The van der Waals surface area contributed by atoms with Crippen LogP contribution in [0.1, 0.15) is 34.1 Å². The second-order valence-electron chi connectivity index (χ2n) is 4.29. The Morgan fingerprint density at radius 3 is 2.50 bits per heavy atom. The van der Waals surface area contributed by atoms with Crippen LogP contribution in [0.15, 0.2) is 0 Å². The van der Waals surface area contributed by atoms with Crippen LogP contribution in [-0.2, 0) is 4.79 Å². The molecule has 1 aliphatic rings. The van der Waals surface area contributed by atoms with E-state index in [-0.39, 0.29) is 17.6 Å². The third-order valence-corrected chi connectivity index (χ3v) is 2.14. The van der Waals surface area contributed by atoms with Crippen LogP contribution in [0.3, 0.4) is 0 Å². The van der Waals surface area contributed by atoms with Crippen LogP contribution in [0.5, 0.6) is 0 Å². The third-order valence-electron chi connectivity index (χ3n) is 2.14. The maximum atomic E-state index is 11.2. The van der Waals surface area contributed by atoms with Crippen molar-refractivity contribution in [3.05, 3.63) is 0 Å². The van der Waals surface area contributed by atoms with Crippen LogP contribution >= 0.6 is 0 Å². The van der Waals surface area contributed by atoms with E-state index in [1.807, 2.05) is 13.8 Å². The lowest BCUT2D eigenvalue weighted by atomic mass is 10.00. The van der Waals surface area contributed by atoms with Gasteiger partial charge < -0.3 is 5.32 Å². The molecular formula is C9H18N2O. The van der Waals surface area contributed by atoms with Crippen molar-refractivity contribution < 1.29 is 4.79 Å². The summed E-state index contributed by atoms with van der Waals surface area (Å²) < 4.78 is 0. The first-order valence-corrected chi connectivity index (χ1v) is 4.53. The molecule has 1 rings (SSSR count). The van der Waals surface area contributed by atoms with Crippen molar-refractivity contribution in [2.45, 2.75) is 45.8 Å². The molecule has 2 atom stereocenters. The summed E-state index contributed by atoms with van der Waals surface area (Å²) in [4.78, 5) is 11.2. The van der Waals surface area contributed by atoms with Gasteiger partial charge in [0.1, 0.15) is 0 Å². The summed E-state index contributed by atoms with van der Waals surface area (Å²) in [6, 6.07) is -0.0475. The standard InChI is InChI=1S/C9H18N2O/c1-6(2)5-9(4)10-7(3)8(12)11-9/h6-7,10H,5H2,1-4H3,(H,11,12). The molecule has 1 fully saturated rings. The van der Waals surface area contributed by atoms with E-state index in [4.69, 9.17) is 0 Å². The first kappa shape index (κ1) is 9.52. The molecule has 1 amide bonds. The van der Waals surface area contributed by atoms with Gasteiger partial charge in [-0.3, -0.25) is 10.1 Å². The molecule has 0 saturated carbocycles. The molecule has 1 saturated heterocycles. The number of hydrogen-bond acceptors (Lipinski definition) is 2. The molecule has 3 heteroatoms. The summed E-state index contributed by atoms with van der Waals surface area (Å²) in [5, 5.41) is 6.21. The van der Waals surface area contributed by atoms with E-state index in [0.29, 0.717) is 5.92 Å². The molecule has 70 valence electrons. The van der Waals surface area contributed by atoms with Gasteiger partial charge in [0.2, 0.25) is 5.91 Å². The summed E-state index contributed by atoms with van der Waals surface area (Å²) in [6.45, 7) is 8.24. The average molecular weight is 170 g/mol. The molecule has 0 aliphatic carbocycles. The van der Waals surface area contributed by atoms with Gasteiger partial charge in [0, 0.05) is 0 Å². The smallest absolute Gasteiger partial charge is 0.238 e. The SMILES string of the molecule is CC(C)CC1(C)NC(=O)C(C)N1. The quantitative estimate of drug-likeness (QED) is 0.645. The summed E-state index contributed by atoms with van der Waals surface area (Å²) >= 11 is 0. The molecular weight excluding hydrogens is 152 g/mol. The van der Waals surface area contributed by atoms with E-state index >= 15 is 0 Å². The van der Waals surface area contributed by atoms with Gasteiger partial charge in [0.15, 0.2) is 0 Å². The van der Waals surface area contributed by atoms with Crippen molar-refractivity contribution in [2.24, 2.45) is 5.92 Å². The summed E-state index contributed by atoms with van der Waals surface area (Å²) in [6.07, 6.45) is 0.975. The van der Waals surface area contributed by atoms with E-state index in [9.17, 15) is 4.79 Å². The highest BCUT2D eigenvalue weighted by Gasteiger charge is 2.37. The normalized spacial score (nSPS) is 35.8. The number of hydrogen-bond donors (Lipinski definition) is 2. The molecule has 1 aliphatic heterocycles. The van der Waals surface area contributed by atoms with Crippen LogP contribution in [0.2, 0.25) is 0 Å². The fraction of sp³-hybridized carbons (Fsp3) is 0.889. The molecule has 0 aromatic heterocycles. The fourth-order valence-corrected chi connectivity index (χ4v) is 1.89. The molecule has 2 N–H and O–H groups in total. The summed E-state index contributed by atoms with van der Waals surface area (Å²) in [7, 11) is 0. The topological polar surface area (TPSA) is 41.1 Å². The zero-order valence-electron chi connectivity index (χ0n) is 8.27. The Bertz CT molecular complexity index is 191. The van der Waals surface area contributed by atoms with Crippen molar-refractivity contribution in [3.63, 3.8) is 0 Å². The van der Waals surface area contributed by atoms with E-state index in [1.54, 1.807) is 0 Å². The van der Waals surface area contributed by atoms with Gasteiger partial charge >= 0.3 is 0 Å². The fourth-order valence-electron chi connectivity index (χ4n) is 1.89. The lowest BCUT2D eigenvalue weighted by molar-refractivity contribution is -0.120. The molecule has 3 nitrogen and oxygen atoms in total. The van der Waals surface area contributed by atoms with Crippen molar-refractivity contribution in [1.82, 2.24) is 10.6 Å². The monoisotopic (exact) mass is 170 g/mol. The summed E-state index contributed by atoms with van der Waals surface area (Å²) in [5.74, 6) is 0.700. The lowest BCUT2D eigenvalue weighted by Gasteiger charge is -2.26. The van der Waals surface area contributed by atoms with Crippen LogP contribution in [-0.4, -0.2) is 17.6 Å². The Morgan fingerprint density at radius 2 is 2.17 bits per heavy atom. The van der Waals surface area contributed by atoms with Crippen LogP contribution in [0.4, 0.5) is 0 Å². The van der Waals surface area contributed by atoms with Gasteiger partial charge in [-0.05, 0) is 26.2 Å². The van der Waals surface area contributed by atoms with Gasteiger partial charge in [0.25, 0.3) is 0 Å². The molecule has 2 unspecified atom stereocenters. The number of nitrogens with one attached hydrogen (secondary N) is 2. The van der Waals surface area contributed by atoms with Crippen molar-refractivity contribution >= 4 is 5.91 Å². The average Bonchev–Trinajstić information content (AvgIpc) is 2.04. The maximum absolute atomic E-state index is 11.2. The Kier molecular flexibility index (Phi) is 2.42. The second kappa shape index (κ2) is 3.05. The minimum Gasteiger partial charge on any atom is -0.337 e. The predicted molar refractivity (Wildman–Crippen MR) is 48.6 cm³/mol. The van der Waals surface area contributed by atoms with E-state index in [1.165, 1.54) is 0 Å². The molecule has 0 aromatic rings. The highest BCUT2D eigenvalue weighted by atomic mass is 16.2. The van der Waals surface area contributed by atoms with Gasteiger partial charge in [-0.2, -0.15) is 0 Å². The summed E-state index contributed by atoms with van der Waals surface area (Å²) in [5.41, 5.74) is -0.190. The Balaban J connectivity index is 2.57. The number of carbonyl (C=O) groups excluding carboxylic acids is 1. The molecule has 12 heavy (non-hydrogen) atoms. The van der Waals surface area contributed by atoms with E-state index in [0.717, 1.165) is 6.42 Å². The second-order valence-corrected chi connectivity index (χ2v) is 4.29. The zero-order valence-corrected chi connectivity index (χ0v) is 8.27. The highest BCUT2D eigenvalue weighted by Crippen LogP contribution is 2.18. The van der Waals surface area contributed by atoms with Crippen molar-refractivity contribution in [2.75, 3.05) is 0 Å². The highest BCUT2D eigenvalue weighted by molar-refractivity contribution is 5.84. The number of carbonyl (C=O) groups is 1. The lowest BCUT2D eigenvalue weighted by Crippen LogP contribution is -2.48.